The van der Waals surface area contributed by atoms with Crippen LogP contribution in [0.25, 0.3) is 0 Å². The normalized spacial score (nSPS) is 6.29. The average Bonchev–Trinajstić information content (AvgIpc) is 1.68. The molecule has 0 heterocycles. The van der Waals surface area contributed by atoms with Gasteiger partial charge in [0.1, 0.15) is 0 Å². The van der Waals surface area contributed by atoms with E-state index in [0.717, 1.165) is 0 Å². The van der Waals surface area contributed by atoms with Crippen molar-refractivity contribution in [2.75, 3.05) is 0 Å². The molecule has 0 radical (unpaired) electrons. The first kappa shape index (κ1) is 6.49. The van der Waals surface area contributed by atoms with Crippen LogP contribution >= 0.6 is 22.9 Å². The molecule has 0 aromatic carbocycles. The van der Waals surface area contributed by atoms with Crippen molar-refractivity contribution in [2.24, 2.45) is 0 Å². The number of nitriles is 1. The largest absolute Gasteiger partial charge is 0.298 e. The topological polar surface area (TPSA) is 71.7 Å². The van der Waals surface area contributed by atoms with Crippen molar-refractivity contribution in [1.82, 2.24) is 8.85 Å². The molecule has 0 saturated heterocycles. The zero-order valence-corrected chi connectivity index (χ0v) is 5.48. The Bertz CT molecular complexity index is 103. The molecule has 38 valence electrons. The van der Waals surface area contributed by atoms with Crippen molar-refractivity contribution < 1.29 is 0 Å². The zero-order valence-electron chi connectivity index (χ0n) is 3.33. The van der Waals surface area contributed by atoms with Gasteiger partial charge in [0.25, 0.3) is 0 Å². The third kappa shape index (κ3) is 3.32. The fourth-order valence-electron chi connectivity index (χ4n) is 0.0795. The van der Waals surface area contributed by atoms with E-state index in [2.05, 4.69) is 8.85 Å². The van der Waals surface area contributed by atoms with E-state index in [1.54, 1.807) is 29.1 Å². The van der Waals surface area contributed by atoms with E-state index >= 15 is 0 Å². The molecule has 7 heavy (non-hydrogen) atoms. The molecule has 0 aromatic rings. The standard InChI is InChI=1S/C2H3IN4/c3-7-2(5)6-1-4/h(H3,5,6,7). The van der Waals surface area contributed by atoms with Crippen molar-refractivity contribution in [2.45, 2.75) is 0 Å². The molecule has 0 spiro atoms. The highest BCUT2D eigenvalue weighted by atomic mass is 127. The molecular formula is C2H3IN4. The zero-order chi connectivity index (χ0) is 5.70. The number of nitrogens with one attached hydrogen (secondary N) is 3. The number of hydrogen-bond donors (Lipinski definition) is 3. The van der Waals surface area contributed by atoms with E-state index in [1.165, 1.54) is 0 Å². The van der Waals surface area contributed by atoms with Gasteiger partial charge in [-0.3, -0.25) is 14.3 Å². The molecule has 0 atom stereocenters. The van der Waals surface area contributed by atoms with E-state index in [4.69, 9.17) is 10.7 Å². The molecule has 0 fully saturated rings. The molecule has 0 bridgehead atoms. The number of halogens is 1. The number of nitrogens with zero attached hydrogens (tertiary/aromatic N) is 1. The van der Waals surface area contributed by atoms with Gasteiger partial charge in [0.15, 0.2) is 6.19 Å². The fraction of sp³-hybridized carbons (Fsp3) is 0. The van der Waals surface area contributed by atoms with Crippen LogP contribution in [0.5, 0.6) is 0 Å². The Balaban J connectivity index is 3.23. The summed E-state index contributed by atoms with van der Waals surface area (Å²) in [5.74, 6) is 0.00287. The highest BCUT2D eigenvalue weighted by Gasteiger charge is 1.82. The van der Waals surface area contributed by atoms with Gasteiger partial charge < -0.3 is 0 Å². The van der Waals surface area contributed by atoms with Crippen LogP contribution < -0.4 is 8.85 Å². The van der Waals surface area contributed by atoms with Crippen LogP contribution in [0, 0.1) is 16.9 Å². The van der Waals surface area contributed by atoms with Gasteiger partial charge in [-0.25, -0.2) is 0 Å². The molecule has 0 unspecified atom stereocenters. The number of guanidine groups is 1. The van der Waals surface area contributed by atoms with Crippen LogP contribution in [0.2, 0.25) is 0 Å². The van der Waals surface area contributed by atoms with Crippen molar-refractivity contribution in [3.63, 3.8) is 0 Å². The van der Waals surface area contributed by atoms with Gasteiger partial charge in [-0.2, -0.15) is 5.26 Å². The second kappa shape index (κ2) is 3.67. The summed E-state index contributed by atoms with van der Waals surface area (Å²) in [5, 5.41) is 16.6. The highest BCUT2D eigenvalue weighted by Crippen LogP contribution is 1.64. The van der Waals surface area contributed by atoms with E-state index < -0.39 is 0 Å². The summed E-state index contributed by atoms with van der Waals surface area (Å²) in [4.78, 5) is 0. The SMILES string of the molecule is N#CNC(=N)NI. The molecule has 0 aliphatic heterocycles. The minimum Gasteiger partial charge on any atom is -0.298 e. The van der Waals surface area contributed by atoms with E-state index in [-0.39, 0.29) is 5.96 Å². The van der Waals surface area contributed by atoms with Crippen molar-refractivity contribution in [1.29, 1.82) is 10.7 Å². The lowest BCUT2D eigenvalue weighted by Gasteiger charge is -1.90. The fourth-order valence-corrected chi connectivity index (χ4v) is 0.214. The Morgan fingerprint density at radius 2 is 2.43 bits per heavy atom. The second-order valence-electron chi connectivity index (χ2n) is 0.706. The molecule has 0 aliphatic rings. The molecule has 0 aromatic heterocycles. The molecule has 5 heteroatoms. The van der Waals surface area contributed by atoms with Crippen molar-refractivity contribution in [3.8, 4) is 6.19 Å². The van der Waals surface area contributed by atoms with Crippen molar-refractivity contribution >= 4 is 28.8 Å². The smallest absolute Gasteiger partial charge is 0.210 e. The first-order valence-corrected chi connectivity index (χ1v) is 2.49. The summed E-state index contributed by atoms with van der Waals surface area (Å²) in [6.07, 6.45) is 1.58. The highest BCUT2D eigenvalue weighted by molar-refractivity contribution is 14.1. The van der Waals surface area contributed by atoms with Crippen LogP contribution in [-0.4, -0.2) is 5.96 Å². The van der Waals surface area contributed by atoms with Crippen LogP contribution in [0.15, 0.2) is 0 Å². The predicted molar refractivity (Wildman–Crippen MR) is 33.6 cm³/mol. The monoisotopic (exact) mass is 210 g/mol. The Kier molecular flexibility index (Phi) is 3.40. The summed E-state index contributed by atoms with van der Waals surface area (Å²) >= 11 is 1.75. The van der Waals surface area contributed by atoms with Crippen LogP contribution in [0.3, 0.4) is 0 Å². The minimum absolute atomic E-state index is 0.00287. The molecule has 4 nitrogen and oxygen atoms in total. The maximum Gasteiger partial charge on any atom is 0.210 e. The maximum absolute atomic E-state index is 7.82. The van der Waals surface area contributed by atoms with Gasteiger partial charge in [0.05, 0.1) is 22.9 Å². The third-order valence-corrected chi connectivity index (χ3v) is 0.815. The van der Waals surface area contributed by atoms with E-state index in [1.807, 2.05) is 0 Å². The Hall–Kier alpha value is -0.510. The van der Waals surface area contributed by atoms with Gasteiger partial charge in [-0.15, -0.1) is 0 Å². The summed E-state index contributed by atoms with van der Waals surface area (Å²) in [6, 6.07) is 0. The molecule has 3 N–H and O–H groups in total. The van der Waals surface area contributed by atoms with Crippen LogP contribution in [-0.2, 0) is 0 Å². The summed E-state index contributed by atoms with van der Waals surface area (Å²) in [6.45, 7) is 0. The summed E-state index contributed by atoms with van der Waals surface area (Å²) in [5.41, 5.74) is 0. The van der Waals surface area contributed by atoms with Crippen LogP contribution in [0.1, 0.15) is 0 Å². The lowest BCUT2D eigenvalue weighted by Crippen LogP contribution is -2.25. The summed E-state index contributed by atoms with van der Waals surface area (Å²) in [7, 11) is 0. The molecular weight excluding hydrogens is 207 g/mol. The first-order chi connectivity index (χ1) is 3.31. The van der Waals surface area contributed by atoms with E-state index in [0.29, 0.717) is 0 Å². The lowest BCUT2D eigenvalue weighted by atomic mass is 11.0. The van der Waals surface area contributed by atoms with Gasteiger partial charge in [-0.05, 0) is 0 Å². The average molecular weight is 210 g/mol. The quantitative estimate of drug-likeness (QED) is 0.131. The van der Waals surface area contributed by atoms with Gasteiger partial charge >= 0.3 is 0 Å². The third-order valence-electron chi connectivity index (χ3n) is 0.275. The minimum atomic E-state index is 0.00287. The molecule has 0 rings (SSSR count). The first-order valence-electron chi connectivity index (χ1n) is 1.41. The maximum atomic E-state index is 7.82. The second-order valence-corrected chi connectivity index (χ2v) is 1.25. The van der Waals surface area contributed by atoms with Crippen LogP contribution in [0.4, 0.5) is 0 Å². The summed E-state index contributed by atoms with van der Waals surface area (Å²) < 4.78 is 2.39. The predicted octanol–water partition coefficient (Wildman–Crippen LogP) is -0.0685. The van der Waals surface area contributed by atoms with Crippen molar-refractivity contribution in [3.05, 3.63) is 0 Å². The Labute approximate surface area is 54.9 Å². The van der Waals surface area contributed by atoms with Gasteiger partial charge in [-0.1, -0.05) is 0 Å². The molecule has 0 aliphatic carbocycles. The Morgan fingerprint density at radius 1 is 1.86 bits per heavy atom. The van der Waals surface area contributed by atoms with Gasteiger partial charge in [0.2, 0.25) is 5.96 Å². The lowest BCUT2D eigenvalue weighted by molar-refractivity contribution is 1.17. The molecule has 0 saturated carbocycles. The number of hydrogen-bond acceptors (Lipinski definition) is 2. The van der Waals surface area contributed by atoms with E-state index in [9.17, 15) is 0 Å². The Morgan fingerprint density at radius 3 is 2.57 bits per heavy atom. The number of rotatable bonds is 0. The molecule has 0 amide bonds. The van der Waals surface area contributed by atoms with Gasteiger partial charge in [0, 0.05) is 0 Å².